The van der Waals surface area contributed by atoms with Gasteiger partial charge in [-0.1, -0.05) is 33.6 Å². The molecule has 0 radical (unpaired) electrons. The Morgan fingerprint density at radius 2 is 2.00 bits per heavy atom. The normalized spacial score (nSPS) is 12.6. The predicted molar refractivity (Wildman–Crippen MR) is 52.0 cm³/mol. The average Bonchev–Trinajstić information content (AvgIpc) is 2.01. The van der Waals surface area contributed by atoms with Gasteiger partial charge in [0, 0.05) is 13.0 Å². The highest BCUT2D eigenvalue weighted by Gasteiger charge is 2.06. The summed E-state index contributed by atoms with van der Waals surface area (Å²) in [4.78, 5) is 11.2. The monoisotopic (exact) mass is 171 g/mol. The first-order valence-electron chi connectivity index (χ1n) is 4.97. The molecule has 0 aromatic heterocycles. The molecule has 0 fully saturated rings. The average molecular weight is 171 g/mol. The van der Waals surface area contributed by atoms with Crippen molar-refractivity contribution in [3.8, 4) is 0 Å². The van der Waals surface area contributed by atoms with Crippen LogP contribution < -0.4 is 5.32 Å². The lowest BCUT2D eigenvalue weighted by atomic mass is 10.0. The molecular formula is C10H21NO. The van der Waals surface area contributed by atoms with E-state index in [9.17, 15) is 4.79 Å². The Morgan fingerprint density at radius 3 is 2.50 bits per heavy atom. The molecule has 72 valence electrons. The van der Waals surface area contributed by atoms with Gasteiger partial charge < -0.3 is 5.32 Å². The van der Waals surface area contributed by atoms with Crippen LogP contribution in [0.2, 0.25) is 0 Å². The van der Waals surface area contributed by atoms with E-state index in [1.165, 1.54) is 6.42 Å². The molecule has 0 aliphatic carbocycles. The SMILES string of the molecule is CCCNC(=O)CC(C)CCC. The maximum absolute atomic E-state index is 11.2. The first-order chi connectivity index (χ1) is 5.70. The van der Waals surface area contributed by atoms with Crippen molar-refractivity contribution in [2.75, 3.05) is 6.54 Å². The molecule has 0 rings (SSSR count). The number of rotatable bonds is 6. The van der Waals surface area contributed by atoms with Gasteiger partial charge in [-0.2, -0.15) is 0 Å². The molecule has 1 amide bonds. The number of carbonyl (C=O) groups excluding carboxylic acids is 1. The number of amides is 1. The minimum atomic E-state index is 0.206. The van der Waals surface area contributed by atoms with Crippen LogP contribution in [0.3, 0.4) is 0 Å². The van der Waals surface area contributed by atoms with E-state index < -0.39 is 0 Å². The predicted octanol–water partition coefficient (Wildman–Crippen LogP) is 2.34. The molecule has 12 heavy (non-hydrogen) atoms. The zero-order chi connectivity index (χ0) is 9.40. The molecule has 1 N–H and O–H groups in total. The van der Waals surface area contributed by atoms with Crippen LogP contribution >= 0.6 is 0 Å². The fourth-order valence-corrected chi connectivity index (χ4v) is 1.25. The van der Waals surface area contributed by atoms with E-state index in [0.717, 1.165) is 19.4 Å². The Hall–Kier alpha value is -0.530. The van der Waals surface area contributed by atoms with Gasteiger partial charge in [0.2, 0.25) is 5.91 Å². The van der Waals surface area contributed by atoms with Crippen molar-refractivity contribution in [1.82, 2.24) is 5.32 Å². The number of hydrogen-bond donors (Lipinski definition) is 1. The number of nitrogens with one attached hydrogen (secondary N) is 1. The Labute approximate surface area is 75.7 Å². The lowest BCUT2D eigenvalue weighted by Crippen LogP contribution is -2.25. The second-order valence-electron chi connectivity index (χ2n) is 3.45. The van der Waals surface area contributed by atoms with Crippen molar-refractivity contribution in [2.24, 2.45) is 5.92 Å². The molecule has 2 heteroatoms. The molecule has 2 nitrogen and oxygen atoms in total. The molecule has 0 saturated carbocycles. The van der Waals surface area contributed by atoms with Gasteiger partial charge in [0.25, 0.3) is 0 Å². The molecule has 0 bridgehead atoms. The topological polar surface area (TPSA) is 29.1 Å². The van der Waals surface area contributed by atoms with Gasteiger partial charge in [0.05, 0.1) is 0 Å². The van der Waals surface area contributed by atoms with E-state index in [1.807, 2.05) is 0 Å². The van der Waals surface area contributed by atoms with Crippen LogP contribution in [0.4, 0.5) is 0 Å². The highest BCUT2D eigenvalue weighted by molar-refractivity contribution is 5.76. The summed E-state index contributed by atoms with van der Waals surface area (Å²) in [6.45, 7) is 7.17. The molecule has 0 heterocycles. The number of hydrogen-bond acceptors (Lipinski definition) is 1. The van der Waals surface area contributed by atoms with Gasteiger partial charge in [-0.05, 0) is 12.3 Å². The minimum Gasteiger partial charge on any atom is -0.356 e. The van der Waals surface area contributed by atoms with E-state index >= 15 is 0 Å². The van der Waals surface area contributed by atoms with Gasteiger partial charge in [-0.3, -0.25) is 4.79 Å². The van der Waals surface area contributed by atoms with E-state index in [0.29, 0.717) is 12.3 Å². The van der Waals surface area contributed by atoms with E-state index in [4.69, 9.17) is 0 Å². The maximum atomic E-state index is 11.2. The molecule has 1 atom stereocenters. The van der Waals surface area contributed by atoms with Crippen molar-refractivity contribution in [2.45, 2.75) is 46.5 Å². The van der Waals surface area contributed by atoms with E-state index in [1.54, 1.807) is 0 Å². The second kappa shape index (κ2) is 7.14. The van der Waals surface area contributed by atoms with Crippen molar-refractivity contribution in [3.05, 3.63) is 0 Å². The van der Waals surface area contributed by atoms with Crippen molar-refractivity contribution >= 4 is 5.91 Å². The van der Waals surface area contributed by atoms with Crippen molar-refractivity contribution in [3.63, 3.8) is 0 Å². The minimum absolute atomic E-state index is 0.206. The summed E-state index contributed by atoms with van der Waals surface area (Å²) < 4.78 is 0. The van der Waals surface area contributed by atoms with Gasteiger partial charge in [0.1, 0.15) is 0 Å². The molecular weight excluding hydrogens is 150 g/mol. The van der Waals surface area contributed by atoms with Gasteiger partial charge in [-0.15, -0.1) is 0 Å². The van der Waals surface area contributed by atoms with E-state index in [2.05, 4.69) is 26.1 Å². The first-order valence-corrected chi connectivity index (χ1v) is 4.97. The summed E-state index contributed by atoms with van der Waals surface area (Å²) in [6.07, 6.45) is 4.03. The highest BCUT2D eigenvalue weighted by atomic mass is 16.1. The Morgan fingerprint density at radius 1 is 1.33 bits per heavy atom. The summed E-state index contributed by atoms with van der Waals surface area (Å²) >= 11 is 0. The van der Waals surface area contributed by atoms with Crippen LogP contribution in [0.15, 0.2) is 0 Å². The van der Waals surface area contributed by atoms with Crippen LogP contribution in [-0.2, 0) is 4.79 Å². The fraction of sp³-hybridized carbons (Fsp3) is 0.900. The van der Waals surface area contributed by atoms with Crippen LogP contribution in [0.1, 0.15) is 46.5 Å². The Kier molecular flexibility index (Phi) is 6.82. The fourth-order valence-electron chi connectivity index (χ4n) is 1.25. The lowest BCUT2D eigenvalue weighted by Gasteiger charge is -2.09. The zero-order valence-corrected chi connectivity index (χ0v) is 8.52. The van der Waals surface area contributed by atoms with Crippen LogP contribution in [0.5, 0.6) is 0 Å². The molecule has 0 saturated heterocycles. The summed E-state index contributed by atoms with van der Waals surface area (Å²) in [6, 6.07) is 0. The first kappa shape index (κ1) is 11.5. The summed E-state index contributed by atoms with van der Waals surface area (Å²) in [5.41, 5.74) is 0. The van der Waals surface area contributed by atoms with Gasteiger partial charge in [0.15, 0.2) is 0 Å². The largest absolute Gasteiger partial charge is 0.356 e. The molecule has 0 aliphatic heterocycles. The number of carbonyl (C=O) groups is 1. The standard InChI is InChI=1S/C10H21NO/c1-4-6-9(3)8-10(12)11-7-5-2/h9H,4-8H2,1-3H3,(H,11,12). The van der Waals surface area contributed by atoms with Crippen LogP contribution in [-0.4, -0.2) is 12.5 Å². The smallest absolute Gasteiger partial charge is 0.220 e. The van der Waals surface area contributed by atoms with Gasteiger partial charge >= 0.3 is 0 Å². The lowest BCUT2D eigenvalue weighted by molar-refractivity contribution is -0.121. The Balaban J connectivity index is 3.40. The van der Waals surface area contributed by atoms with Crippen LogP contribution in [0.25, 0.3) is 0 Å². The third-order valence-electron chi connectivity index (χ3n) is 1.89. The van der Waals surface area contributed by atoms with Crippen molar-refractivity contribution in [1.29, 1.82) is 0 Å². The van der Waals surface area contributed by atoms with Crippen molar-refractivity contribution < 1.29 is 4.79 Å². The van der Waals surface area contributed by atoms with E-state index in [-0.39, 0.29) is 5.91 Å². The van der Waals surface area contributed by atoms with Crippen LogP contribution in [0, 0.1) is 5.92 Å². The molecule has 1 unspecified atom stereocenters. The maximum Gasteiger partial charge on any atom is 0.220 e. The summed E-state index contributed by atoms with van der Waals surface area (Å²) in [7, 11) is 0. The molecule has 0 aromatic rings. The quantitative estimate of drug-likeness (QED) is 0.653. The zero-order valence-electron chi connectivity index (χ0n) is 8.52. The molecule has 0 spiro atoms. The highest BCUT2D eigenvalue weighted by Crippen LogP contribution is 2.08. The molecule has 0 aromatic carbocycles. The third-order valence-corrected chi connectivity index (χ3v) is 1.89. The third kappa shape index (κ3) is 6.20. The second-order valence-corrected chi connectivity index (χ2v) is 3.45. The van der Waals surface area contributed by atoms with Gasteiger partial charge in [-0.25, -0.2) is 0 Å². The summed E-state index contributed by atoms with van der Waals surface area (Å²) in [5, 5.41) is 2.88. The Bertz CT molecular complexity index is 123. The molecule has 0 aliphatic rings. The summed E-state index contributed by atoms with van der Waals surface area (Å²) in [5.74, 6) is 0.740.